The Balaban J connectivity index is 1.59. The molecule has 0 bridgehead atoms. The number of carbonyl (C=O) groups is 1. The van der Waals surface area contributed by atoms with Crippen LogP contribution in [0.2, 0.25) is 0 Å². The molecular weight excluding hydrogens is 352 g/mol. The predicted octanol–water partition coefficient (Wildman–Crippen LogP) is 4.56. The van der Waals surface area contributed by atoms with Crippen LogP contribution in [0.5, 0.6) is 11.5 Å². The molecular formula is C23H20N2O3. The predicted molar refractivity (Wildman–Crippen MR) is 108 cm³/mol. The Bertz CT molecular complexity index is 1000. The molecule has 1 N–H and O–H groups in total. The van der Waals surface area contributed by atoms with Crippen molar-refractivity contribution in [1.29, 1.82) is 5.26 Å². The summed E-state index contributed by atoms with van der Waals surface area (Å²) >= 11 is 0. The molecule has 28 heavy (non-hydrogen) atoms. The molecule has 0 aliphatic rings. The fraction of sp³-hybridized carbons (Fsp3) is 0.130. The molecule has 0 saturated carbocycles. The van der Waals surface area contributed by atoms with Gasteiger partial charge in [-0.3, -0.25) is 4.79 Å². The number of benzene rings is 3. The van der Waals surface area contributed by atoms with E-state index in [0.717, 1.165) is 16.7 Å². The molecule has 3 aromatic rings. The summed E-state index contributed by atoms with van der Waals surface area (Å²) in [5.41, 5.74) is 4.28. The average Bonchev–Trinajstić information content (AvgIpc) is 2.73. The zero-order chi connectivity index (χ0) is 19.9. The van der Waals surface area contributed by atoms with Gasteiger partial charge in [-0.05, 0) is 60.0 Å². The molecule has 5 nitrogen and oxygen atoms in total. The Kier molecular flexibility index (Phi) is 5.93. The quantitative estimate of drug-likeness (QED) is 0.688. The third-order valence-corrected chi connectivity index (χ3v) is 4.20. The molecule has 0 radical (unpaired) electrons. The van der Waals surface area contributed by atoms with Crippen LogP contribution < -0.4 is 14.8 Å². The van der Waals surface area contributed by atoms with Crippen LogP contribution in [0.4, 0.5) is 5.69 Å². The van der Waals surface area contributed by atoms with Crippen LogP contribution in [-0.2, 0) is 4.79 Å². The van der Waals surface area contributed by atoms with Crippen LogP contribution in [0.25, 0.3) is 11.1 Å². The number of hydrogen-bond acceptors (Lipinski definition) is 4. The number of methoxy groups -OCH3 is 1. The van der Waals surface area contributed by atoms with Crippen molar-refractivity contribution in [2.75, 3.05) is 19.0 Å². The molecule has 140 valence electrons. The summed E-state index contributed by atoms with van der Waals surface area (Å²) in [6, 6.07) is 22.5. The van der Waals surface area contributed by atoms with Crippen molar-refractivity contribution < 1.29 is 14.3 Å². The van der Waals surface area contributed by atoms with Gasteiger partial charge in [-0.1, -0.05) is 30.3 Å². The fourth-order valence-electron chi connectivity index (χ4n) is 2.74. The number of hydrogen-bond donors (Lipinski definition) is 1. The van der Waals surface area contributed by atoms with Crippen molar-refractivity contribution >= 4 is 11.6 Å². The smallest absolute Gasteiger partial charge is 0.262 e. The summed E-state index contributed by atoms with van der Waals surface area (Å²) in [5.74, 6) is 0.939. The number of carbonyl (C=O) groups excluding carboxylic acids is 1. The Morgan fingerprint density at radius 3 is 2.25 bits per heavy atom. The lowest BCUT2D eigenvalue weighted by molar-refractivity contribution is -0.118. The van der Waals surface area contributed by atoms with Gasteiger partial charge >= 0.3 is 0 Å². The zero-order valence-corrected chi connectivity index (χ0v) is 15.7. The van der Waals surface area contributed by atoms with Gasteiger partial charge in [-0.15, -0.1) is 0 Å². The van der Waals surface area contributed by atoms with E-state index in [9.17, 15) is 4.79 Å². The van der Waals surface area contributed by atoms with Gasteiger partial charge in [0.25, 0.3) is 5.91 Å². The highest BCUT2D eigenvalue weighted by Gasteiger charge is 2.09. The van der Waals surface area contributed by atoms with E-state index in [1.54, 1.807) is 19.2 Å². The molecule has 0 aromatic heterocycles. The zero-order valence-electron chi connectivity index (χ0n) is 15.7. The van der Waals surface area contributed by atoms with Crippen LogP contribution >= 0.6 is 0 Å². The largest absolute Gasteiger partial charge is 0.495 e. The minimum atomic E-state index is -0.264. The number of amides is 1. The van der Waals surface area contributed by atoms with Crippen molar-refractivity contribution in [2.45, 2.75) is 6.92 Å². The summed E-state index contributed by atoms with van der Waals surface area (Å²) in [4.78, 5) is 12.2. The highest BCUT2D eigenvalue weighted by Crippen LogP contribution is 2.25. The summed E-state index contributed by atoms with van der Waals surface area (Å²) < 4.78 is 10.8. The maximum Gasteiger partial charge on any atom is 0.262 e. The fourth-order valence-corrected chi connectivity index (χ4v) is 2.74. The minimum absolute atomic E-state index is 0.104. The maximum atomic E-state index is 12.2. The number of aryl methyl sites for hydroxylation is 1. The summed E-state index contributed by atoms with van der Waals surface area (Å²) in [5, 5.41) is 11.7. The van der Waals surface area contributed by atoms with E-state index < -0.39 is 0 Å². The van der Waals surface area contributed by atoms with Gasteiger partial charge in [0.1, 0.15) is 11.5 Å². The molecule has 0 fully saturated rings. The molecule has 0 heterocycles. The van der Waals surface area contributed by atoms with Crippen LogP contribution in [0.3, 0.4) is 0 Å². The first-order valence-corrected chi connectivity index (χ1v) is 8.77. The van der Waals surface area contributed by atoms with Gasteiger partial charge < -0.3 is 14.8 Å². The third-order valence-electron chi connectivity index (χ3n) is 4.20. The van der Waals surface area contributed by atoms with Crippen molar-refractivity contribution in [1.82, 2.24) is 0 Å². The summed E-state index contributed by atoms with van der Waals surface area (Å²) in [7, 11) is 1.56. The van der Waals surface area contributed by atoms with Gasteiger partial charge in [-0.25, -0.2) is 0 Å². The van der Waals surface area contributed by atoms with E-state index in [2.05, 4.69) is 11.4 Å². The monoisotopic (exact) mass is 372 g/mol. The van der Waals surface area contributed by atoms with Gasteiger partial charge in [0.2, 0.25) is 0 Å². The normalized spacial score (nSPS) is 10.0. The number of ether oxygens (including phenoxy) is 2. The van der Waals surface area contributed by atoms with E-state index in [1.807, 2.05) is 61.5 Å². The highest BCUT2D eigenvalue weighted by molar-refractivity contribution is 5.93. The van der Waals surface area contributed by atoms with Gasteiger partial charge in [0, 0.05) is 0 Å². The molecule has 0 atom stereocenters. The molecule has 0 spiro atoms. The molecule has 0 aliphatic heterocycles. The van der Waals surface area contributed by atoms with Crippen molar-refractivity contribution in [3.8, 4) is 28.7 Å². The van der Waals surface area contributed by atoms with Crippen molar-refractivity contribution in [3.05, 3.63) is 77.9 Å². The lowest BCUT2D eigenvalue weighted by Gasteiger charge is -2.12. The number of rotatable bonds is 6. The van der Waals surface area contributed by atoms with Gasteiger partial charge in [0.15, 0.2) is 6.61 Å². The minimum Gasteiger partial charge on any atom is -0.495 e. The summed E-state index contributed by atoms with van der Waals surface area (Å²) in [6.07, 6.45) is 0. The lowest BCUT2D eigenvalue weighted by atomic mass is 10.0. The lowest BCUT2D eigenvalue weighted by Crippen LogP contribution is -2.20. The van der Waals surface area contributed by atoms with Gasteiger partial charge in [-0.2, -0.15) is 5.26 Å². The Morgan fingerprint density at radius 1 is 1.00 bits per heavy atom. The number of nitriles is 1. The SMILES string of the molecule is COc1ccc(C)cc1NC(=O)COc1ccc(-c2ccc(C#N)cc2)cc1. The first-order valence-electron chi connectivity index (χ1n) is 8.77. The molecule has 1 amide bonds. The molecule has 0 aliphatic carbocycles. The molecule has 3 rings (SSSR count). The van der Waals surface area contributed by atoms with Crippen LogP contribution in [-0.4, -0.2) is 19.6 Å². The maximum absolute atomic E-state index is 12.2. The number of anilines is 1. The van der Waals surface area contributed by atoms with Crippen molar-refractivity contribution in [3.63, 3.8) is 0 Å². The Morgan fingerprint density at radius 2 is 1.64 bits per heavy atom. The van der Waals surface area contributed by atoms with E-state index in [1.165, 1.54) is 0 Å². The second-order valence-electron chi connectivity index (χ2n) is 6.25. The highest BCUT2D eigenvalue weighted by atomic mass is 16.5. The van der Waals surface area contributed by atoms with E-state index >= 15 is 0 Å². The Labute approximate surface area is 164 Å². The number of nitrogens with zero attached hydrogens (tertiary/aromatic N) is 1. The second-order valence-corrected chi connectivity index (χ2v) is 6.25. The molecule has 0 saturated heterocycles. The Hall–Kier alpha value is -3.78. The number of nitrogens with one attached hydrogen (secondary N) is 1. The van der Waals surface area contributed by atoms with Crippen LogP contribution in [0, 0.1) is 18.3 Å². The molecule has 3 aromatic carbocycles. The van der Waals surface area contributed by atoms with Crippen LogP contribution in [0.1, 0.15) is 11.1 Å². The van der Waals surface area contributed by atoms with Crippen LogP contribution in [0.15, 0.2) is 66.7 Å². The first kappa shape index (κ1) is 19.0. The third kappa shape index (κ3) is 4.68. The van der Waals surface area contributed by atoms with E-state index in [-0.39, 0.29) is 12.5 Å². The first-order chi connectivity index (χ1) is 13.6. The topological polar surface area (TPSA) is 71.3 Å². The average molecular weight is 372 g/mol. The van der Waals surface area contributed by atoms with E-state index in [0.29, 0.717) is 22.7 Å². The summed E-state index contributed by atoms with van der Waals surface area (Å²) in [6.45, 7) is 1.84. The van der Waals surface area contributed by atoms with Gasteiger partial charge in [0.05, 0.1) is 24.4 Å². The molecule has 0 unspecified atom stereocenters. The van der Waals surface area contributed by atoms with Crippen molar-refractivity contribution in [2.24, 2.45) is 0 Å². The second kappa shape index (κ2) is 8.74. The molecule has 5 heteroatoms. The van der Waals surface area contributed by atoms with E-state index in [4.69, 9.17) is 14.7 Å². The standard InChI is InChI=1S/C23H20N2O3/c1-16-3-12-22(27-2)21(13-16)25-23(26)15-28-20-10-8-19(9-11-20)18-6-4-17(14-24)5-7-18/h3-13H,15H2,1-2H3,(H,25,26).